The first-order chi connectivity index (χ1) is 51.2. The highest BCUT2D eigenvalue weighted by Gasteiger charge is 2.49. The molecule has 0 amide bonds. The first kappa shape index (κ1) is 78.2. The molecule has 0 unspecified atom stereocenters. The fourth-order valence-corrected chi connectivity index (χ4v) is 23.3. The highest BCUT2D eigenvalue weighted by molar-refractivity contribution is 6.45. The molecule has 0 radical (unpaired) electrons. The smallest absolute Gasteiger partial charge is 0.139 e. The quantitative estimate of drug-likeness (QED) is 0.0357. The highest BCUT2D eigenvalue weighted by Crippen LogP contribution is 2.64. The van der Waals surface area contributed by atoms with E-state index in [1.54, 1.807) is 0 Å². The summed E-state index contributed by atoms with van der Waals surface area (Å²) < 4.78 is 33.5. The lowest BCUT2D eigenvalue weighted by Crippen LogP contribution is -2.21. The number of hydrogen-bond acceptors (Lipinski definition) is 4. The Balaban J connectivity index is 1.06. The molecule has 4 aliphatic carbocycles. The molecule has 9 aromatic rings. The van der Waals surface area contributed by atoms with Crippen molar-refractivity contribution in [1.82, 2.24) is 0 Å². The Bertz CT molecular complexity index is 3240. The van der Waals surface area contributed by atoms with Gasteiger partial charge in [-0.15, -0.1) is 0 Å². The van der Waals surface area contributed by atoms with Crippen LogP contribution < -0.4 is 0 Å². The molecule has 0 saturated carbocycles. The van der Waals surface area contributed by atoms with Gasteiger partial charge in [0.15, 0.2) is 0 Å². The molecule has 104 heavy (non-hydrogen) atoms. The average molecular weight is 1420 g/mol. The Morgan fingerprint density at radius 1 is 0.154 bits per heavy atom. The molecule has 0 aliphatic heterocycles. The van der Waals surface area contributed by atoms with Gasteiger partial charge in [-0.25, -0.2) is 0 Å². The van der Waals surface area contributed by atoms with Crippen LogP contribution in [-0.2, 0) is 51.4 Å². The van der Waals surface area contributed by atoms with Crippen LogP contribution in [0.15, 0.2) is 17.7 Å². The van der Waals surface area contributed by atoms with E-state index in [0.717, 1.165) is 51.4 Å². The van der Waals surface area contributed by atoms with Crippen LogP contribution in [-0.4, -0.2) is 0 Å². The third kappa shape index (κ3) is 16.6. The van der Waals surface area contributed by atoms with Crippen molar-refractivity contribution in [3.63, 3.8) is 0 Å². The van der Waals surface area contributed by atoms with E-state index in [1.807, 2.05) is 0 Å². The summed E-state index contributed by atoms with van der Waals surface area (Å²) in [6.07, 6.45) is 84.4. The van der Waals surface area contributed by atoms with E-state index >= 15 is 0 Å². The zero-order valence-electron chi connectivity index (χ0n) is 68.9. The SMILES string of the molecule is CCCCCCCCC1(CCCCCCCC)Cc2c(c3oc4c5c(c6oc7c8c(c9oc%10c%11c(c%12oc2c2c3c4c6c7c9c%10c%122)CC(CCCCCCCC)(CCCCCCCC)C%11)CC(CCCCCCCC)(CCCCCCCC)C8)CC(CCCCCCCC)(CCCCCCCC)C5)C1. The van der Waals surface area contributed by atoms with Gasteiger partial charge in [0.1, 0.15) is 44.7 Å². The van der Waals surface area contributed by atoms with Crippen LogP contribution in [0.25, 0.3) is 87.8 Å². The Hall–Kier alpha value is -3.92. The van der Waals surface area contributed by atoms with Gasteiger partial charge >= 0.3 is 0 Å². The molecule has 576 valence electrons. The minimum Gasteiger partial charge on any atom is -0.455 e. The van der Waals surface area contributed by atoms with Crippen LogP contribution in [0.5, 0.6) is 0 Å². The minimum atomic E-state index is 0.200. The third-order valence-electron chi connectivity index (χ3n) is 29.2. The number of benzene rings is 4. The first-order valence-electron chi connectivity index (χ1n) is 46.8. The van der Waals surface area contributed by atoms with Gasteiger partial charge in [0, 0.05) is 87.6 Å². The summed E-state index contributed by atoms with van der Waals surface area (Å²) in [4.78, 5) is 0. The second kappa shape index (κ2) is 37.2. The van der Waals surface area contributed by atoms with Crippen molar-refractivity contribution in [1.29, 1.82) is 0 Å². The lowest BCUT2D eigenvalue weighted by atomic mass is 9.75. The largest absolute Gasteiger partial charge is 0.455 e. The maximum atomic E-state index is 8.38. The van der Waals surface area contributed by atoms with E-state index in [2.05, 4.69) is 55.4 Å². The molecule has 4 aliphatic rings. The number of hydrogen-bond donors (Lipinski definition) is 0. The zero-order chi connectivity index (χ0) is 71.9. The molecule has 0 spiro atoms. The molecule has 0 bridgehead atoms. The van der Waals surface area contributed by atoms with Gasteiger partial charge in [0.25, 0.3) is 0 Å². The summed E-state index contributed by atoms with van der Waals surface area (Å²) in [6, 6.07) is 0. The first-order valence-corrected chi connectivity index (χ1v) is 46.8. The Kier molecular flexibility index (Phi) is 28.0. The number of unbranched alkanes of at least 4 members (excludes halogenated alkanes) is 40. The fraction of sp³-hybridized carbons (Fsp3) is 0.760. The van der Waals surface area contributed by atoms with Gasteiger partial charge in [-0.3, -0.25) is 0 Å². The summed E-state index contributed by atoms with van der Waals surface area (Å²) in [6.45, 7) is 19.0. The lowest BCUT2D eigenvalue weighted by Gasteiger charge is -2.29. The van der Waals surface area contributed by atoms with Crippen molar-refractivity contribution in [2.75, 3.05) is 0 Å². The van der Waals surface area contributed by atoms with Gasteiger partial charge in [-0.05, 0) is 124 Å². The van der Waals surface area contributed by atoms with Crippen molar-refractivity contribution in [3.05, 3.63) is 44.5 Å². The fourth-order valence-electron chi connectivity index (χ4n) is 23.3. The average Bonchev–Trinajstić information content (AvgIpc) is 1.48. The third-order valence-corrected chi connectivity index (χ3v) is 29.2. The van der Waals surface area contributed by atoms with Crippen LogP contribution in [0.2, 0.25) is 0 Å². The van der Waals surface area contributed by atoms with E-state index < -0.39 is 0 Å². The minimum absolute atomic E-state index is 0.200. The molecular weight excluding hydrogens is 1270 g/mol. The topological polar surface area (TPSA) is 52.6 Å². The molecule has 4 aromatic heterocycles. The maximum Gasteiger partial charge on any atom is 0.139 e. The molecule has 4 heterocycles. The van der Waals surface area contributed by atoms with Gasteiger partial charge in [0.05, 0.1) is 0 Å². The second-order valence-corrected chi connectivity index (χ2v) is 37.4. The second-order valence-electron chi connectivity index (χ2n) is 37.4. The van der Waals surface area contributed by atoms with Gasteiger partial charge < -0.3 is 17.7 Å². The predicted octanol–water partition coefficient (Wildman–Crippen LogP) is 33.9. The van der Waals surface area contributed by atoms with Crippen LogP contribution in [0.1, 0.15) is 459 Å². The highest BCUT2D eigenvalue weighted by atomic mass is 16.4. The van der Waals surface area contributed by atoms with Crippen LogP contribution in [0.3, 0.4) is 0 Å². The number of rotatable bonds is 56. The summed E-state index contributed by atoms with van der Waals surface area (Å²) in [7, 11) is 0. The monoisotopic (exact) mass is 1420 g/mol. The Morgan fingerprint density at radius 2 is 0.260 bits per heavy atom. The van der Waals surface area contributed by atoms with E-state index in [-0.39, 0.29) is 21.7 Å². The van der Waals surface area contributed by atoms with E-state index in [0.29, 0.717) is 0 Å². The summed E-state index contributed by atoms with van der Waals surface area (Å²) in [5.41, 5.74) is 22.9. The van der Waals surface area contributed by atoms with Crippen LogP contribution in [0.4, 0.5) is 0 Å². The molecule has 0 atom stereocenters. The molecule has 0 N–H and O–H groups in total. The van der Waals surface area contributed by atoms with Crippen LogP contribution in [0, 0.1) is 21.7 Å². The summed E-state index contributed by atoms with van der Waals surface area (Å²) >= 11 is 0. The molecule has 0 saturated heterocycles. The van der Waals surface area contributed by atoms with Crippen molar-refractivity contribution in [2.24, 2.45) is 21.7 Å². The summed E-state index contributed by atoms with van der Waals surface area (Å²) in [5, 5.41) is 11.2. The van der Waals surface area contributed by atoms with Gasteiger partial charge in [-0.2, -0.15) is 0 Å². The van der Waals surface area contributed by atoms with Gasteiger partial charge in [-0.1, -0.05) is 364 Å². The predicted molar refractivity (Wildman–Crippen MR) is 452 cm³/mol. The lowest BCUT2D eigenvalue weighted by molar-refractivity contribution is 0.235. The Morgan fingerprint density at radius 3 is 0.375 bits per heavy atom. The van der Waals surface area contributed by atoms with Crippen molar-refractivity contribution in [3.8, 4) is 0 Å². The van der Waals surface area contributed by atoms with Crippen molar-refractivity contribution in [2.45, 2.75) is 466 Å². The van der Waals surface area contributed by atoms with E-state index in [4.69, 9.17) is 17.7 Å². The number of fused-ring (bicyclic) bond motifs is 12. The summed E-state index contributed by atoms with van der Waals surface area (Å²) in [5.74, 6) is 0. The van der Waals surface area contributed by atoms with Gasteiger partial charge in [0.2, 0.25) is 0 Å². The molecule has 4 nitrogen and oxygen atoms in total. The molecule has 0 fully saturated rings. The molecule has 4 heteroatoms. The van der Waals surface area contributed by atoms with Crippen LogP contribution >= 0.6 is 0 Å². The normalized spacial score (nSPS) is 16.7. The number of furan rings is 4. The maximum absolute atomic E-state index is 8.38. The molecule has 13 rings (SSSR count). The molecule has 5 aromatic carbocycles. The van der Waals surface area contributed by atoms with Crippen molar-refractivity contribution >= 4 is 87.8 Å². The van der Waals surface area contributed by atoms with E-state index in [1.165, 1.54) is 492 Å². The Labute approximate surface area is 634 Å². The zero-order valence-corrected chi connectivity index (χ0v) is 68.9. The molecular formula is C100H152O4. The van der Waals surface area contributed by atoms with E-state index in [9.17, 15) is 0 Å². The standard InChI is InChI=1S/C100H152O4/c1-9-17-25-33-41-49-57-97(58-50-42-34-26-18-10-2)65-73-74(66-97)90-82-81-83-85-87-88-86-84(82)92(102-90)76-68-99(61-53-45-37-29-21-13-5,62-54-46-38-30-22-14-6)70-78(76)94(86)104-96(88)80-72-100(63-55-47-39-31-23-15-7,64-56-48-40-32-24-16-8)71-79(80)95(87)103-93(85)77-69-98(59-51-43-35-27-19-11-3,60-52-44-36-28-20-12-4)67-75(77)91(83)101-89(73)81/h9-72H2,1-8H3. The van der Waals surface area contributed by atoms with Crippen molar-refractivity contribution < 1.29 is 17.7 Å².